The van der Waals surface area contributed by atoms with E-state index in [1.807, 2.05) is 39.8 Å². The monoisotopic (exact) mass is 380 g/mol. The van der Waals surface area contributed by atoms with Gasteiger partial charge in [-0.15, -0.1) is 11.3 Å². The Hall–Kier alpha value is -1.70. The minimum absolute atomic E-state index is 0.120. The zero-order valence-corrected chi connectivity index (χ0v) is 16.6. The van der Waals surface area contributed by atoms with Crippen LogP contribution < -0.4 is 5.32 Å². The average Bonchev–Trinajstić information content (AvgIpc) is 3.02. The van der Waals surface area contributed by atoms with Crippen LogP contribution in [0.25, 0.3) is 0 Å². The summed E-state index contributed by atoms with van der Waals surface area (Å²) in [5, 5.41) is 2.94. The summed E-state index contributed by atoms with van der Waals surface area (Å²) in [4.78, 5) is 14.3. The van der Waals surface area contributed by atoms with Crippen molar-refractivity contribution in [3.05, 3.63) is 51.7 Å². The number of carbonyl (C=O) groups excluding carboxylic acids is 1. The highest BCUT2D eigenvalue weighted by molar-refractivity contribution is 7.89. The molecule has 1 heterocycles. The van der Waals surface area contributed by atoms with E-state index in [-0.39, 0.29) is 16.8 Å². The number of benzene rings is 1. The molecule has 2 aromatic rings. The summed E-state index contributed by atoms with van der Waals surface area (Å²) in [7, 11) is -3.46. The second-order valence-corrected chi connectivity index (χ2v) is 8.99. The first-order valence-corrected chi connectivity index (χ1v) is 10.5. The third kappa shape index (κ3) is 4.48. The molecule has 2 rings (SSSR count). The Balaban J connectivity index is 2.12. The van der Waals surface area contributed by atoms with Crippen molar-refractivity contribution < 1.29 is 13.2 Å². The molecule has 0 aliphatic heterocycles. The van der Waals surface area contributed by atoms with Crippen molar-refractivity contribution in [1.82, 2.24) is 9.62 Å². The molecule has 0 saturated carbocycles. The van der Waals surface area contributed by atoms with E-state index in [1.54, 1.807) is 24.3 Å². The molecule has 0 saturated heterocycles. The molecule has 1 N–H and O–H groups in total. The van der Waals surface area contributed by atoms with Gasteiger partial charge in [0.15, 0.2) is 0 Å². The van der Waals surface area contributed by atoms with Gasteiger partial charge in [-0.3, -0.25) is 4.79 Å². The number of sulfonamides is 1. The fourth-order valence-corrected chi connectivity index (χ4v) is 4.78. The third-order valence-corrected chi connectivity index (χ3v) is 7.10. The molecule has 0 fully saturated rings. The van der Waals surface area contributed by atoms with E-state index in [9.17, 15) is 13.2 Å². The van der Waals surface area contributed by atoms with Crippen LogP contribution in [-0.2, 0) is 10.0 Å². The Kier molecular flexibility index (Phi) is 6.37. The number of hydrogen-bond acceptors (Lipinski definition) is 4. The Morgan fingerprint density at radius 1 is 1.12 bits per heavy atom. The highest BCUT2D eigenvalue weighted by Gasteiger charge is 2.21. The molecule has 136 valence electrons. The first-order chi connectivity index (χ1) is 11.8. The molecule has 0 radical (unpaired) electrons. The molecule has 1 atom stereocenters. The van der Waals surface area contributed by atoms with Crippen molar-refractivity contribution in [2.24, 2.45) is 0 Å². The number of nitrogens with zero attached hydrogens (tertiary/aromatic N) is 1. The Bertz CT molecular complexity index is 822. The number of amides is 1. The molecule has 0 aliphatic rings. The summed E-state index contributed by atoms with van der Waals surface area (Å²) in [5.41, 5.74) is 0.861. The molecule has 0 bridgehead atoms. The molecule has 0 aliphatic carbocycles. The summed E-state index contributed by atoms with van der Waals surface area (Å²) in [5.74, 6) is -0.120. The quantitative estimate of drug-likeness (QED) is 0.798. The lowest BCUT2D eigenvalue weighted by atomic mass is 10.1. The Labute approximate surface area is 153 Å². The zero-order chi connectivity index (χ0) is 18.6. The highest BCUT2D eigenvalue weighted by Crippen LogP contribution is 2.21. The molecule has 0 spiro atoms. The van der Waals surface area contributed by atoms with Crippen LogP contribution in [0.15, 0.2) is 41.3 Å². The van der Waals surface area contributed by atoms with Crippen molar-refractivity contribution in [2.75, 3.05) is 13.1 Å². The van der Waals surface area contributed by atoms with Crippen LogP contribution in [0.5, 0.6) is 0 Å². The molecule has 1 aromatic carbocycles. The van der Waals surface area contributed by atoms with E-state index < -0.39 is 10.0 Å². The van der Waals surface area contributed by atoms with E-state index in [0.29, 0.717) is 18.0 Å². The van der Waals surface area contributed by atoms with Gasteiger partial charge in [0.05, 0.1) is 15.8 Å². The highest BCUT2D eigenvalue weighted by atomic mass is 32.2. The fourth-order valence-electron chi connectivity index (χ4n) is 2.55. The van der Waals surface area contributed by atoms with Gasteiger partial charge in [-0.05, 0) is 43.7 Å². The van der Waals surface area contributed by atoms with Gasteiger partial charge in [-0.25, -0.2) is 8.42 Å². The lowest BCUT2D eigenvalue weighted by Gasteiger charge is -2.19. The summed E-state index contributed by atoms with van der Waals surface area (Å²) >= 11 is 1.45. The predicted octanol–water partition coefficient (Wildman–Crippen LogP) is 3.58. The van der Waals surface area contributed by atoms with Gasteiger partial charge >= 0.3 is 0 Å². The van der Waals surface area contributed by atoms with Crippen molar-refractivity contribution in [3.8, 4) is 0 Å². The van der Waals surface area contributed by atoms with E-state index in [1.165, 1.54) is 15.6 Å². The molecule has 1 aromatic heterocycles. The van der Waals surface area contributed by atoms with Crippen LogP contribution in [-0.4, -0.2) is 31.7 Å². The van der Waals surface area contributed by atoms with Crippen LogP contribution in [0.4, 0.5) is 0 Å². The minimum Gasteiger partial charge on any atom is -0.345 e. The third-order valence-electron chi connectivity index (χ3n) is 4.04. The van der Waals surface area contributed by atoms with Crippen molar-refractivity contribution in [1.29, 1.82) is 0 Å². The molecular weight excluding hydrogens is 356 g/mol. The summed E-state index contributed by atoms with van der Waals surface area (Å²) < 4.78 is 26.4. The number of hydrogen-bond donors (Lipinski definition) is 1. The molecule has 1 unspecified atom stereocenters. The smallest absolute Gasteiger partial charge is 0.261 e. The predicted molar refractivity (Wildman–Crippen MR) is 101 cm³/mol. The second-order valence-electron chi connectivity index (χ2n) is 5.76. The van der Waals surface area contributed by atoms with Gasteiger partial charge in [0.2, 0.25) is 10.0 Å². The zero-order valence-electron chi connectivity index (χ0n) is 14.9. The number of carbonyl (C=O) groups is 1. The van der Waals surface area contributed by atoms with Gasteiger partial charge in [0.25, 0.3) is 5.91 Å². The maximum absolute atomic E-state index is 12.5. The Morgan fingerprint density at radius 3 is 2.20 bits per heavy atom. The SMILES string of the molecule is CCN(CC)S(=O)(=O)c1ccc(C(C)NC(=O)c2ccc(C)s2)cc1. The van der Waals surface area contributed by atoms with Gasteiger partial charge in [-0.1, -0.05) is 26.0 Å². The molecule has 7 heteroatoms. The number of thiophene rings is 1. The number of rotatable bonds is 7. The van der Waals surface area contributed by atoms with Crippen molar-refractivity contribution >= 4 is 27.3 Å². The van der Waals surface area contributed by atoms with Crippen LogP contribution in [0, 0.1) is 6.92 Å². The fraction of sp³-hybridized carbons (Fsp3) is 0.389. The summed E-state index contributed by atoms with van der Waals surface area (Å²) in [6, 6.07) is 10.2. The van der Waals surface area contributed by atoms with Crippen LogP contribution >= 0.6 is 11.3 Å². The number of aryl methyl sites for hydroxylation is 1. The van der Waals surface area contributed by atoms with Gasteiger partial charge in [0.1, 0.15) is 0 Å². The number of nitrogens with one attached hydrogen (secondary N) is 1. The maximum Gasteiger partial charge on any atom is 0.261 e. The molecule has 25 heavy (non-hydrogen) atoms. The summed E-state index contributed by atoms with van der Waals surface area (Å²) in [6.07, 6.45) is 0. The molecule has 1 amide bonds. The largest absolute Gasteiger partial charge is 0.345 e. The first kappa shape index (κ1) is 19.6. The Morgan fingerprint density at radius 2 is 1.72 bits per heavy atom. The van der Waals surface area contributed by atoms with Crippen molar-refractivity contribution in [3.63, 3.8) is 0 Å². The van der Waals surface area contributed by atoms with Crippen molar-refractivity contribution in [2.45, 2.75) is 38.6 Å². The summed E-state index contributed by atoms with van der Waals surface area (Å²) in [6.45, 7) is 8.35. The maximum atomic E-state index is 12.5. The molecular formula is C18H24N2O3S2. The van der Waals surface area contributed by atoms with Gasteiger partial charge < -0.3 is 5.32 Å². The van der Waals surface area contributed by atoms with E-state index in [2.05, 4.69) is 5.32 Å². The van der Waals surface area contributed by atoms with E-state index in [0.717, 1.165) is 10.4 Å². The van der Waals surface area contributed by atoms with Gasteiger partial charge in [0, 0.05) is 18.0 Å². The topological polar surface area (TPSA) is 66.5 Å². The average molecular weight is 381 g/mol. The van der Waals surface area contributed by atoms with E-state index in [4.69, 9.17) is 0 Å². The van der Waals surface area contributed by atoms with E-state index >= 15 is 0 Å². The van der Waals surface area contributed by atoms with Gasteiger partial charge in [-0.2, -0.15) is 4.31 Å². The second kappa shape index (κ2) is 8.12. The van der Waals surface area contributed by atoms with Crippen LogP contribution in [0.2, 0.25) is 0 Å². The molecule has 5 nitrogen and oxygen atoms in total. The minimum atomic E-state index is -3.46. The lowest BCUT2D eigenvalue weighted by molar-refractivity contribution is 0.0944. The first-order valence-electron chi connectivity index (χ1n) is 8.27. The van der Waals surface area contributed by atoms with Crippen LogP contribution in [0.3, 0.4) is 0 Å². The van der Waals surface area contributed by atoms with Crippen LogP contribution in [0.1, 0.15) is 46.9 Å². The normalized spacial score (nSPS) is 13.0. The standard InChI is InChI=1S/C18H24N2O3S2/c1-5-20(6-2)25(22,23)16-10-8-15(9-11-16)14(4)19-18(21)17-12-7-13(3)24-17/h7-12,14H,5-6H2,1-4H3,(H,19,21). The lowest BCUT2D eigenvalue weighted by Crippen LogP contribution is -2.30.